The number of aryl methyl sites for hydroxylation is 1. The zero-order valence-corrected chi connectivity index (χ0v) is 12.7. The Bertz CT molecular complexity index is 797. The lowest BCUT2D eigenvalue weighted by atomic mass is 10.2. The molecule has 0 unspecified atom stereocenters. The molecule has 0 aliphatic heterocycles. The van der Waals surface area contributed by atoms with E-state index < -0.39 is 0 Å². The van der Waals surface area contributed by atoms with Crippen LogP contribution in [0.25, 0.3) is 10.6 Å². The van der Waals surface area contributed by atoms with Gasteiger partial charge in [-0.3, -0.25) is 4.79 Å². The molecule has 0 saturated heterocycles. The zero-order chi connectivity index (χ0) is 15.5. The highest BCUT2D eigenvalue weighted by molar-refractivity contribution is 7.17. The quantitative estimate of drug-likeness (QED) is 0.773. The summed E-state index contributed by atoms with van der Waals surface area (Å²) in [5.41, 5.74) is 2.20. The third-order valence-electron chi connectivity index (χ3n) is 3.13. The minimum atomic E-state index is -0.293. The highest BCUT2D eigenvalue weighted by Gasteiger charge is 2.16. The van der Waals surface area contributed by atoms with Crippen molar-refractivity contribution < 1.29 is 9.18 Å². The molecule has 0 aliphatic rings. The fraction of sp³-hybridized carbons (Fsp3) is 0.0588. The molecule has 1 N–H and O–H groups in total. The maximum atomic E-state index is 13.0. The maximum absolute atomic E-state index is 13.0. The Balaban J connectivity index is 1.86. The number of benzene rings is 2. The van der Waals surface area contributed by atoms with Crippen molar-refractivity contribution in [2.75, 3.05) is 5.32 Å². The second-order valence-corrected chi connectivity index (χ2v) is 5.76. The molecule has 110 valence electrons. The van der Waals surface area contributed by atoms with E-state index >= 15 is 0 Å². The van der Waals surface area contributed by atoms with Crippen LogP contribution in [0.15, 0.2) is 54.6 Å². The number of carbonyl (C=O) groups excluding carboxylic acids is 1. The van der Waals surface area contributed by atoms with Crippen LogP contribution in [0, 0.1) is 12.7 Å². The largest absolute Gasteiger partial charge is 0.321 e. The van der Waals surface area contributed by atoms with Crippen LogP contribution in [-0.2, 0) is 0 Å². The Labute approximate surface area is 131 Å². The molecule has 3 rings (SSSR count). The average Bonchev–Trinajstić information content (AvgIpc) is 2.91. The van der Waals surface area contributed by atoms with Gasteiger partial charge in [-0.05, 0) is 43.3 Å². The summed E-state index contributed by atoms with van der Waals surface area (Å²) in [6, 6.07) is 15.4. The molecule has 0 saturated carbocycles. The molecule has 3 nitrogen and oxygen atoms in total. The van der Waals surface area contributed by atoms with Crippen LogP contribution < -0.4 is 5.32 Å². The number of halogens is 1. The summed E-state index contributed by atoms with van der Waals surface area (Å²) in [4.78, 5) is 17.3. The minimum Gasteiger partial charge on any atom is -0.321 e. The summed E-state index contributed by atoms with van der Waals surface area (Å²) in [7, 11) is 0. The van der Waals surface area contributed by atoms with E-state index in [9.17, 15) is 9.18 Å². The molecule has 1 heterocycles. The average molecular weight is 312 g/mol. The van der Waals surface area contributed by atoms with E-state index in [0.29, 0.717) is 15.6 Å². The van der Waals surface area contributed by atoms with Gasteiger partial charge in [-0.25, -0.2) is 9.37 Å². The molecule has 0 bridgehead atoms. The van der Waals surface area contributed by atoms with Gasteiger partial charge < -0.3 is 5.32 Å². The monoisotopic (exact) mass is 312 g/mol. The molecule has 0 radical (unpaired) electrons. The van der Waals surface area contributed by atoms with Crippen molar-refractivity contribution in [1.29, 1.82) is 0 Å². The summed E-state index contributed by atoms with van der Waals surface area (Å²) in [5.74, 6) is -0.478. The number of hydrogen-bond acceptors (Lipinski definition) is 3. The third kappa shape index (κ3) is 3.04. The fourth-order valence-electron chi connectivity index (χ4n) is 2.03. The normalized spacial score (nSPS) is 10.5. The van der Waals surface area contributed by atoms with Crippen LogP contribution in [0.3, 0.4) is 0 Å². The minimum absolute atomic E-state index is 0.186. The second-order valence-electron chi connectivity index (χ2n) is 4.76. The van der Waals surface area contributed by atoms with Crippen molar-refractivity contribution in [3.63, 3.8) is 0 Å². The number of aromatic nitrogens is 1. The topological polar surface area (TPSA) is 42.0 Å². The first-order valence-corrected chi connectivity index (χ1v) is 7.55. The lowest BCUT2D eigenvalue weighted by molar-refractivity contribution is 0.103. The highest BCUT2D eigenvalue weighted by atomic mass is 32.1. The molecule has 1 aromatic heterocycles. The Morgan fingerprint density at radius 3 is 2.45 bits per heavy atom. The van der Waals surface area contributed by atoms with Crippen molar-refractivity contribution in [2.45, 2.75) is 6.92 Å². The molecule has 0 aliphatic carbocycles. The van der Waals surface area contributed by atoms with Crippen LogP contribution >= 0.6 is 11.3 Å². The Morgan fingerprint density at radius 1 is 1.09 bits per heavy atom. The number of amides is 1. The third-order valence-corrected chi connectivity index (χ3v) is 4.33. The molecule has 0 fully saturated rings. The van der Waals surface area contributed by atoms with Crippen LogP contribution in [0.1, 0.15) is 15.4 Å². The van der Waals surface area contributed by atoms with E-state index in [2.05, 4.69) is 10.3 Å². The summed E-state index contributed by atoms with van der Waals surface area (Å²) < 4.78 is 13.0. The van der Waals surface area contributed by atoms with Gasteiger partial charge in [0.15, 0.2) is 0 Å². The Morgan fingerprint density at radius 2 is 1.77 bits per heavy atom. The van der Waals surface area contributed by atoms with Gasteiger partial charge in [0.25, 0.3) is 5.91 Å². The lowest BCUT2D eigenvalue weighted by Crippen LogP contribution is -2.11. The molecule has 5 heteroatoms. The summed E-state index contributed by atoms with van der Waals surface area (Å²) in [6.45, 7) is 1.80. The first-order valence-electron chi connectivity index (χ1n) is 6.73. The smallest absolute Gasteiger partial charge is 0.267 e. The molecular formula is C17H13FN2OS. The van der Waals surface area contributed by atoms with Gasteiger partial charge in [-0.1, -0.05) is 18.2 Å². The van der Waals surface area contributed by atoms with E-state index in [1.807, 2.05) is 30.3 Å². The molecule has 3 aromatic rings. The number of thiazole rings is 1. The fourth-order valence-corrected chi connectivity index (χ4v) is 3.00. The van der Waals surface area contributed by atoms with Crippen molar-refractivity contribution in [3.8, 4) is 10.6 Å². The molecule has 0 atom stereocenters. The SMILES string of the molecule is Cc1nc(-c2ccc(F)cc2)sc1C(=O)Nc1ccccc1. The van der Waals surface area contributed by atoms with Crippen molar-refractivity contribution in [3.05, 3.63) is 71.0 Å². The lowest BCUT2D eigenvalue weighted by Gasteiger charge is -2.02. The van der Waals surface area contributed by atoms with E-state index in [1.165, 1.54) is 23.5 Å². The van der Waals surface area contributed by atoms with E-state index in [0.717, 1.165) is 11.3 Å². The van der Waals surface area contributed by atoms with Crippen molar-refractivity contribution in [2.24, 2.45) is 0 Å². The predicted molar refractivity (Wildman–Crippen MR) is 86.6 cm³/mol. The van der Waals surface area contributed by atoms with E-state index in [4.69, 9.17) is 0 Å². The van der Waals surface area contributed by atoms with Gasteiger partial charge >= 0.3 is 0 Å². The van der Waals surface area contributed by atoms with Gasteiger partial charge in [0.2, 0.25) is 0 Å². The summed E-state index contributed by atoms with van der Waals surface area (Å²) in [6.07, 6.45) is 0. The maximum Gasteiger partial charge on any atom is 0.267 e. The first-order chi connectivity index (χ1) is 10.6. The standard InChI is InChI=1S/C17H13FN2OS/c1-11-15(16(21)20-14-5-3-2-4-6-14)22-17(19-11)12-7-9-13(18)10-8-12/h2-10H,1H3,(H,20,21). The van der Waals surface area contributed by atoms with Gasteiger partial charge in [0, 0.05) is 11.3 Å². The molecule has 2 aromatic carbocycles. The first kappa shape index (κ1) is 14.4. The van der Waals surface area contributed by atoms with Gasteiger partial charge in [-0.2, -0.15) is 0 Å². The van der Waals surface area contributed by atoms with Gasteiger partial charge in [0.05, 0.1) is 5.69 Å². The molecular weight excluding hydrogens is 299 g/mol. The predicted octanol–water partition coefficient (Wildman–Crippen LogP) is 4.51. The zero-order valence-electron chi connectivity index (χ0n) is 11.8. The number of rotatable bonds is 3. The van der Waals surface area contributed by atoms with Crippen LogP contribution in [0.2, 0.25) is 0 Å². The van der Waals surface area contributed by atoms with Crippen LogP contribution in [-0.4, -0.2) is 10.9 Å². The molecule has 22 heavy (non-hydrogen) atoms. The number of carbonyl (C=O) groups is 1. The highest BCUT2D eigenvalue weighted by Crippen LogP contribution is 2.28. The second kappa shape index (κ2) is 6.07. The molecule has 0 spiro atoms. The number of hydrogen-bond donors (Lipinski definition) is 1. The number of para-hydroxylation sites is 1. The van der Waals surface area contributed by atoms with Crippen molar-refractivity contribution in [1.82, 2.24) is 4.98 Å². The summed E-state index contributed by atoms with van der Waals surface area (Å²) in [5, 5.41) is 3.55. The number of anilines is 1. The van der Waals surface area contributed by atoms with Crippen LogP contribution in [0.5, 0.6) is 0 Å². The number of nitrogens with zero attached hydrogens (tertiary/aromatic N) is 1. The van der Waals surface area contributed by atoms with Crippen molar-refractivity contribution >= 4 is 22.9 Å². The number of nitrogens with one attached hydrogen (secondary N) is 1. The summed E-state index contributed by atoms with van der Waals surface area (Å²) >= 11 is 1.30. The van der Waals surface area contributed by atoms with Gasteiger partial charge in [0.1, 0.15) is 15.7 Å². The molecule has 1 amide bonds. The van der Waals surface area contributed by atoms with E-state index in [-0.39, 0.29) is 11.7 Å². The Hall–Kier alpha value is -2.53. The van der Waals surface area contributed by atoms with E-state index in [1.54, 1.807) is 19.1 Å². The van der Waals surface area contributed by atoms with Gasteiger partial charge in [-0.15, -0.1) is 11.3 Å². The van der Waals surface area contributed by atoms with Crippen LogP contribution in [0.4, 0.5) is 10.1 Å². The Kier molecular flexibility index (Phi) is 3.98.